The maximum atomic E-state index is 7.59. The second kappa shape index (κ2) is 7.74. The Bertz CT molecular complexity index is 433. The van der Waals surface area contributed by atoms with Gasteiger partial charge in [0, 0.05) is 12.3 Å². The molecular formula is C14H23N3O2. The van der Waals surface area contributed by atoms with Crippen LogP contribution in [0.3, 0.4) is 0 Å². The summed E-state index contributed by atoms with van der Waals surface area (Å²) in [5.41, 5.74) is 7.89. The SMILES string of the molecule is CCCCOCCOc1nc(C)cc(C)c1C(=N)N. The van der Waals surface area contributed by atoms with E-state index < -0.39 is 0 Å². The van der Waals surface area contributed by atoms with E-state index >= 15 is 0 Å². The number of nitrogens with two attached hydrogens (primary N) is 1. The first-order chi connectivity index (χ1) is 9.06. The van der Waals surface area contributed by atoms with E-state index in [-0.39, 0.29) is 5.84 Å². The third-order valence-corrected chi connectivity index (χ3v) is 2.69. The minimum Gasteiger partial charge on any atom is -0.475 e. The number of nitrogens with zero attached hydrogens (tertiary/aromatic N) is 1. The van der Waals surface area contributed by atoms with Gasteiger partial charge in [0.15, 0.2) is 0 Å². The molecule has 0 aromatic carbocycles. The molecule has 106 valence electrons. The molecule has 19 heavy (non-hydrogen) atoms. The highest BCUT2D eigenvalue weighted by atomic mass is 16.5. The minimum absolute atomic E-state index is 0.0214. The molecule has 0 aliphatic carbocycles. The quantitative estimate of drug-likeness (QED) is 0.429. The van der Waals surface area contributed by atoms with Gasteiger partial charge in [0.1, 0.15) is 12.4 Å². The number of nitrogen functional groups attached to an aromatic ring is 1. The molecule has 3 N–H and O–H groups in total. The van der Waals surface area contributed by atoms with Crippen molar-refractivity contribution in [3.05, 3.63) is 22.9 Å². The Labute approximate surface area is 114 Å². The summed E-state index contributed by atoms with van der Waals surface area (Å²) in [6.45, 7) is 7.60. The van der Waals surface area contributed by atoms with Gasteiger partial charge in [-0.05, 0) is 31.9 Å². The second-order valence-electron chi connectivity index (χ2n) is 4.49. The van der Waals surface area contributed by atoms with Crippen LogP contribution in [0, 0.1) is 19.3 Å². The fourth-order valence-corrected chi connectivity index (χ4v) is 1.78. The van der Waals surface area contributed by atoms with E-state index in [1.165, 1.54) is 0 Å². The lowest BCUT2D eigenvalue weighted by Gasteiger charge is -2.13. The lowest BCUT2D eigenvalue weighted by Crippen LogP contribution is -2.18. The molecule has 0 fully saturated rings. The summed E-state index contributed by atoms with van der Waals surface area (Å²) in [6.07, 6.45) is 2.18. The van der Waals surface area contributed by atoms with E-state index in [1.807, 2.05) is 19.9 Å². The van der Waals surface area contributed by atoms with Gasteiger partial charge in [0.05, 0.1) is 12.2 Å². The summed E-state index contributed by atoms with van der Waals surface area (Å²) in [5.74, 6) is 0.399. The van der Waals surface area contributed by atoms with E-state index in [4.69, 9.17) is 20.6 Å². The lowest BCUT2D eigenvalue weighted by atomic mass is 10.1. The van der Waals surface area contributed by atoms with Crippen molar-refractivity contribution >= 4 is 5.84 Å². The Morgan fingerprint density at radius 3 is 2.68 bits per heavy atom. The van der Waals surface area contributed by atoms with Crippen molar-refractivity contribution in [3.8, 4) is 5.88 Å². The van der Waals surface area contributed by atoms with Gasteiger partial charge in [-0.25, -0.2) is 4.98 Å². The summed E-state index contributed by atoms with van der Waals surface area (Å²) < 4.78 is 11.0. The van der Waals surface area contributed by atoms with Gasteiger partial charge in [-0.2, -0.15) is 0 Å². The number of aromatic nitrogens is 1. The van der Waals surface area contributed by atoms with Crippen molar-refractivity contribution in [3.63, 3.8) is 0 Å². The maximum absolute atomic E-state index is 7.59. The molecule has 1 rings (SSSR count). The van der Waals surface area contributed by atoms with E-state index in [0.717, 1.165) is 30.7 Å². The number of pyridine rings is 1. The topological polar surface area (TPSA) is 81.2 Å². The molecule has 0 aliphatic heterocycles. The minimum atomic E-state index is -0.0214. The molecule has 0 bridgehead atoms. The molecule has 5 nitrogen and oxygen atoms in total. The van der Waals surface area contributed by atoms with Crippen LogP contribution in [-0.4, -0.2) is 30.6 Å². The highest BCUT2D eigenvalue weighted by molar-refractivity contribution is 5.98. The predicted molar refractivity (Wildman–Crippen MR) is 75.9 cm³/mol. The number of ether oxygens (including phenoxy) is 2. The van der Waals surface area contributed by atoms with Crippen molar-refractivity contribution in [2.24, 2.45) is 5.73 Å². The van der Waals surface area contributed by atoms with Gasteiger partial charge >= 0.3 is 0 Å². The number of hydrogen-bond acceptors (Lipinski definition) is 4. The van der Waals surface area contributed by atoms with E-state index in [9.17, 15) is 0 Å². The highest BCUT2D eigenvalue weighted by Gasteiger charge is 2.12. The standard InChI is InChI=1S/C14H23N3O2/c1-4-5-6-18-7-8-19-14-12(13(15)16)10(2)9-11(3)17-14/h9H,4-8H2,1-3H3,(H3,15,16). The van der Waals surface area contributed by atoms with Crippen LogP contribution >= 0.6 is 0 Å². The van der Waals surface area contributed by atoms with Crippen LogP contribution in [-0.2, 0) is 4.74 Å². The average Bonchev–Trinajstić information content (AvgIpc) is 2.32. The third-order valence-electron chi connectivity index (χ3n) is 2.69. The second-order valence-corrected chi connectivity index (χ2v) is 4.49. The largest absolute Gasteiger partial charge is 0.475 e. The molecule has 0 aliphatic rings. The van der Waals surface area contributed by atoms with Crippen LogP contribution in [0.2, 0.25) is 0 Å². The van der Waals surface area contributed by atoms with E-state index in [0.29, 0.717) is 24.7 Å². The smallest absolute Gasteiger partial charge is 0.225 e. The van der Waals surface area contributed by atoms with Gasteiger partial charge in [0.25, 0.3) is 0 Å². The number of aryl methyl sites for hydroxylation is 2. The molecule has 1 aromatic rings. The Morgan fingerprint density at radius 2 is 2.05 bits per heavy atom. The third kappa shape index (κ3) is 4.87. The molecule has 0 spiro atoms. The van der Waals surface area contributed by atoms with Crippen LogP contribution in [0.25, 0.3) is 0 Å². The zero-order valence-electron chi connectivity index (χ0n) is 12.0. The zero-order chi connectivity index (χ0) is 14.3. The maximum Gasteiger partial charge on any atom is 0.225 e. The number of amidine groups is 1. The normalized spacial score (nSPS) is 10.5. The Morgan fingerprint density at radius 1 is 1.32 bits per heavy atom. The van der Waals surface area contributed by atoms with E-state index in [1.54, 1.807) is 0 Å². The molecule has 1 aromatic heterocycles. The monoisotopic (exact) mass is 265 g/mol. The Balaban J connectivity index is 2.59. The molecule has 0 saturated heterocycles. The molecule has 0 atom stereocenters. The number of hydrogen-bond donors (Lipinski definition) is 2. The molecule has 0 amide bonds. The van der Waals surface area contributed by atoms with Crippen LogP contribution in [0.4, 0.5) is 0 Å². The van der Waals surface area contributed by atoms with Crippen LogP contribution < -0.4 is 10.5 Å². The molecular weight excluding hydrogens is 242 g/mol. The lowest BCUT2D eigenvalue weighted by molar-refractivity contribution is 0.0964. The van der Waals surface area contributed by atoms with Gasteiger partial charge in [-0.1, -0.05) is 13.3 Å². The van der Waals surface area contributed by atoms with Crippen molar-refractivity contribution < 1.29 is 9.47 Å². The summed E-state index contributed by atoms with van der Waals surface area (Å²) >= 11 is 0. The van der Waals surface area contributed by atoms with Gasteiger partial charge < -0.3 is 15.2 Å². The molecule has 0 saturated carbocycles. The first kappa shape index (κ1) is 15.4. The first-order valence-corrected chi connectivity index (χ1v) is 6.59. The molecule has 1 heterocycles. The Kier molecular flexibility index (Phi) is 6.29. The Hall–Kier alpha value is -1.62. The van der Waals surface area contributed by atoms with Crippen molar-refractivity contribution in [1.82, 2.24) is 4.98 Å². The van der Waals surface area contributed by atoms with Crippen molar-refractivity contribution in [2.75, 3.05) is 19.8 Å². The zero-order valence-corrected chi connectivity index (χ0v) is 12.0. The summed E-state index contributed by atoms with van der Waals surface area (Å²) in [6, 6.07) is 1.89. The number of nitrogens with one attached hydrogen (secondary N) is 1. The fourth-order valence-electron chi connectivity index (χ4n) is 1.78. The van der Waals surface area contributed by atoms with E-state index in [2.05, 4.69) is 11.9 Å². The van der Waals surface area contributed by atoms with Crippen molar-refractivity contribution in [2.45, 2.75) is 33.6 Å². The molecule has 5 heteroatoms. The first-order valence-electron chi connectivity index (χ1n) is 6.59. The summed E-state index contributed by atoms with van der Waals surface area (Å²) in [4.78, 5) is 4.29. The average molecular weight is 265 g/mol. The number of rotatable bonds is 8. The predicted octanol–water partition coefficient (Wildman–Crippen LogP) is 2.18. The molecule has 0 unspecified atom stereocenters. The van der Waals surface area contributed by atoms with Crippen LogP contribution in [0.1, 0.15) is 36.6 Å². The van der Waals surface area contributed by atoms with Gasteiger partial charge in [0.2, 0.25) is 5.88 Å². The van der Waals surface area contributed by atoms with Crippen LogP contribution in [0.15, 0.2) is 6.07 Å². The van der Waals surface area contributed by atoms with Crippen LogP contribution in [0.5, 0.6) is 5.88 Å². The van der Waals surface area contributed by atoms with Crippen molar-refractivity contribution in [1.29, 1.82) is 5.41 Å². The fraction of sp³-hybridized carbons (Fsp3) is 0.571. The highest BCUT2D eigenvalue weighted by Crippen LogP contribution is 2.20. The summed E-state index contributed by atoms with van der Waals surface area (Å²) in [5, 5.41) is 7.59. The van der Waals surface area contributed by atoms with Gasteiger partial charge in [-0.3, -0.25) is 5.41 Å². The summed E-state index contributed by atoms with van der Waals surface area (Å²) in [7, 11) is 0. The van der Waals surface area contributed by atoms with Gasteiger partial charge in [-0.15, -0.1) is 0 Å². The number of unbranched alkanes of at least 4 members (excludes halogenated alkanes) is 1. The molecule has 0 radical (unpaired) electrons.